The first-order valence-electron chi connectivity index (χ1n) is 5.32. The molecule has 0 aromatic carbocycles. The van der Waals surface area contributed by atoms with Gasteiger partial charge in [0.1, 0.15) is 0 Å². The summed E-state index contributed by atoms with van der Waals surface area (Å²) in [6, 6.07) is 0. The Balaban J connectivity index is 2.42. The molecule has 1 N–H and O–H groups in total. The summed E-state index contributed by atoms with van der Waals surface area (Å²) in [5, 5.41) is 7.66. The molecule has 0 saturated carbocycles. The SMILES string of the molecule is CCn1cc(CNC(C)(C)COC)cn1. The molecule has 0 aliphatic carbocycles. The minimum absolute atomic E-state index is 0.00304. The van der Waals surface area contributed by atoms with Crippen LogP contribution in [0, 0.1) is 0 Å². The Hall–Kier alpha value is -0.870. The molecule has 0 unspecified atom stereocenters. The molecule has 0 atom stereocenters. The lowest BCUT2D eigenvalue weighted by molar-refractivity contribution is 0.128. The van der Waals surface area contributed by atoms with Gasteiger partial charge in [-0.3, -0.25) is 4.68 Å². The Morgan fingerprint density at radius 2 is 2.27 bits per heavy atom. The molecule has 4 heteroatoms. The van der Waals surface area contributed by atoms with Crippen LogP contribution in [0.3, 0.4) is 0 Å². The van der Waals surface area contributed by atoms with Gasteiger partial charge >= 0.3 is 0 Å². The highest BCUT2D eigenvalue weighted by Gasteiger charge is 2.16. The normalized spacial score (nSPS) is 12.0. The zero-order chi connectivity index (χ0) is 11.3. The first kappa shape index (κ1) is 12.2. The molecule has 0 aliphatic heterocycles. The predicted molar refractivity (Wildman–Crippen MR) is 60.7 cm³/mol. The molecule has 0 amide bonds. The van der Waals surface area contributed by atoms with Gasteiger partial charge in [0.25, 0.3) is 0 Å². The Kier molecular flexibility index (Phi) is 4.29. The van der Waals surface area contributed by atoms with Crippen LogP contribution in [0.1, 0.15) is 26.3 Å². The van der Waals surface area contributed by atoms with E-state index in [-0.39, 0.29) is 5.54 Å². The van der Waals surface area contributed by atoms with Crippen molar-refractivity contribution in [3.8, 4) is 0 Å². The summed E-state index contributed by atoms with van der Waals surface area (Å²) in [5.74, 6) is 0. The summed E-state index contributed by atoms with van der Waals surface area (Å²) in [4.78, 5) is 0. The van der Waals surface area contributed by atoms with Crippen LogP contribution >= 0.6 is 0 Å². The van der Waals surface area contributed by atoms with E-state index in [1.807, 2.05) is 10.9 Å². The molecule has 0 spiro atoms. The molecule has 4 nitrogen and oxygen atoms in total. The molecule has 0 aliphatic rings. The topological polar surface area (TPSA) is 39.1 Å². The van der Waals surface area contributed by atoms with Crippen molar-refractivity contribution >= 4 is 0 Å². The second kappa shape index (κ2) is 5.28. The van der Waals surface area contributed by atoms with Crippen LogP contribution in [-0.4, -0.2) is 29.0 Å². The van der Waals surface area contributed by atoms with Gasteiger partial charge in [0.2, 0.25) is 0 Å². The van der Waals surface area contributed by atoms with E-state index < -0.39 is 0 Å². The van der Waals surface area contributed by atoms with Crippen molar-refractivity contribution in [3.63, 3.8) is 0 Å². The van der Waals surface area contributed by atoms with Gasteiger partial charge in [-0.05, 0) is 20.8 Å². The maximum Gasteiger partial charge on any atom is 0.0639 e. The van der Waals surface area contributed by atoms with E-state index in [0.717, 1.165) is 13.1 Å². The molecule has 0 saturated heterocycles. The number of aryl methyl sites for hydroxylation is 1. The maximum absolute atomic E-state index is 5.14. The molecule has 86 valence electrons. The maximum atomic E-state index is 5.14. The quantitative estimate of drug-likeness (QED) is 0.773. The highest BCUT2D eigenvalue weighted by atomic mass is 16.5. The standard InChI is InChI=1S/C11H21N3O/c1-5-14-8-10(7-13-14)6-12-11(2,3)9-15-4/h7-8,12H,5-6,9H2,1-4H3. The van der Waals surface area contributed by atoms with E-state index in [0.29, 0.717) is 6.61 Å². The number of hydrogen-bond acceptors (Lipinski definition) is 3. The van der Waals surface area contributed by atoms with E-state index in [9.17, 15) is 0 Å². The number of nitrogens with zero attached hydrogens (tertiary/aromatic N) is 2. The van der Waals surface area contributed by atoms with Gasteiger partial charge in [-0.2, -0.15) is 5.10 Å². The van der Waals surface area contributed by atoms with Gasteiger partial charge in [0, 0.05) is 37.5 Å². The molecular formula is C11H21N3O. The van der Waals surface area contributed by atoms with Crippen LogP contribution in [0.2, 0.25) is 0 Å². The van der Waals surface area contributed by atoms with Crippen LogP contribution in [0.5, 0.6) is 0 Å². The van der Waals surface area contributed by atoms with E-state index in [1.165, 1.54) is 5.56 Å². The lowest BCUT2D eigenvalue weighted by atomic mass is 10.1. The minimum atomic E-state index is 0.00304. The third kappa shape index (κ3) is 4.01. The molecular weight excluding hydrogens is 190 g/mol. The Labute approximate surface area is 91.6 Å². The molecule has 0 bridgehead atoms. The third-order valence-corrected chi connectivity index (χ3v) is 2.29. The minimum Gasteiger partial charge on any atom is -0.383 e. The second-order valence-electron chi connectivity index (χ2n) is 4.37. The van der Waals surface area contributed by atoms with Crippen molar-refractivity contribution < 1.29 is 4.74 Å². The average molecular weight is 211 g/mol. The van der Waals surface area contributed by atoms with Crippen LogP contribution in [0.15, 0.2) is 12.4 Å². The van der Waals surface area contributed by atoms with E-state index in [4.69, 9.17) is 4.74 Å². The molecule has 1 rings (SSSR count). The van der Waals surface area contributed by atoms with Crippen molar-refractivity contribution in [2.45, 2.75) is 39.4 Å². The van der Waals surface area contributed by atoms with Gasteiger partial charge in [0.15, 0.2) is 0 Å². The second-order valence-corrected chi connectivity index (χ2v) is 4.37. The molecule has 0 fully saturated rings. The highest BCUT2D eigenvalue weighted by molar-refractivity contribution is 5.04. The lowest BCUT2D eigenvalue weighted by Crippen LogP contribution is -2.42. The van der Waals surface area contributed by atoms with Crippen molar-refractivity contribution in [2.24, 2.45) is 0 Å². The van der Waals surface area contributed by atoms with Crippen molar-refractivity contribution in [3.05, 3.63) is 18.0 Å². The number of rotatable bonds is 6. The third-order valence-electron chi connectivity index (χ3n) is 2.29. The Bertz CT molecular complexity index is 294. The Morgan fingerprint density at radius 3 is 2.80 bits per heavy atom. The summed E-state index contributed by atoms with van der Waals surface area (Å²) in [5.41, 5.74) is 1.21. The van der Waals surface area contributed by atoms with Crippen LogP contribution < -0.4 is 5.32 Å². The molecule has 0 radical (unpaired) electrons. The summed E-state index contributed by atoms with van der Waals surface area (Å²) in [6.45, 7) is 8.79. The molecule has 1 heterocycles. The van der Waals surface area contributed by atoms with Crippen molar-refractivity contribution in [1.82, 2.24) is 15.1 Å². The molecule has 1 aromatic rings. The van der Waals surface area contributed by atoms with Gasteiger partial charge < -0.3 is 10.1 Å². The van der Waals surface area contributed by atoms with Crippen LogP contribution in [0.25, 0.3) is 0 Å². The number of aromatic nitrogens is 2. The smallest absolute Gasteiger partial charge is 0.0639 e. The highest BCUT2D eigenvalue weighted by Crippen LogP contribution is 2.05. The van der Waals surface area contributed by atoms with E-state index >= 15 is 0 Å². The predicted octanol–water partition coefficient (Wildman–Crippen LogP) is 1.42. The molecule has 1 aromatic heterocycles. The van der Waals surface area contributed by atoms with E-state index in [2.05, 4.69) is 37.4 Å². The van der Waals surface area contributed by atoms with Gasteiger partial charge in [0.05, 0.1) is 12.8 Å². The van der Waals surface area contributed by atoms with Crippen LogP contribution in [0.4, 0.5) is 0 Å². The first-order chi connectivity index (χ1) is 7.07. The van der Waals surface area contributed by atoms with Gasteiger partial charge in [-0.15, -0.1) is 0 Å². The summed E-state index contributed by atoms with van der Waals surface area (Å²) >= 11 is 0. The summed E-state index contributed by atoms with van der Waals surface area (Å²) in [6.07, 6.45) is 3.97. The monoisotopic (exact) mass is 211 g/mol. The van der Waals surface area contributed by atoms with Crippen molar-refractivity contribution in [1.29, 1.82) is 0 Å². The fourth-order valence-electron chi connectivity index (χ4n) is 1.42. The summed E-state index contributed by atoms with van der Waals surface area (Å²) < 4.78 is 7.07. The number of methoxy groups -OCH3 is 1. The zero-order valence-corrected chi connectivity index (χ0v) is 10.1. The first-order valence-corrected chi connectivity index (χ1v) is 5.32. The number of hydrogen-bond donors (Lipinski definition) is 1. The fraction of sp³-hybridized carbons (Fsp3) is 0.727. The Morgan fingerprint density at radius 1 is 1.53 bits per heavy atom. The van der Waals surface area contributed by atoms with E-state index in [1.54, 1.807) is 7.11 Å². The van der Waals surface area contributed by atoms with Crippen molar-refractivity contribution in [2.75, 3.05) is 13.7 Å². The van der Waals surface area contributed by atoms with Gasteiger partial charge in [-0.25, -0.2) is 0 Å². The summed E-state index contributed by atoms with van der Waals surface area (Å²) in [7, 11) is 1.72. The van der Waals surface area contributed by atoms with Crippen LogP contribution in [-0.2, 0) is 17.8 Å². The zero-order valence-electron chi connectivity index (χ0n) is 10.1. The average Bonchev–Trinajstić information content (AvgIpc) is 2.62. The van der Waals surface area contributed by atoms with Gasteiger partial charge in [-0.1, -0.05) is 0 Å². The lowest BCUT2D eigenvalue weighted by Gasteiger charge is -2.24. The number of nitrogens with one attached hydrogen (secondary N) is 1. The molecule has 15 heavy (non-hydrogen) atoms. The fourth-order valence-corrected chi connectivity index (χ4v) is 1.42. The largest absolute Gasteiger partial charge is 0.383 e. The number of ether oxygens (including phenoxy) is 1.